The van der Waals surface area contributed by atoms with Crippen LogP contribution in [0.1, 0.15) is 36.5 Å². The Kier molecular flexibility index (Phi) is 10.2. The van der Waals surface area contributed by atoms with Crippen LogP contribution in [0.5, 0.6) is 0 Å². The number of hydrogen-bond donors (Lipinski definition) is 2. The van der Waals surface area contributed by atoms with Gasteiger partial charge in [-0.25, -0.2) is 9.38 Å². The van der Waals surface area contributed by atoms with Gasteiger partial charge in [0.2, 0.25) is 5.91 Å². The zero-order valence-electron chi connectivity index (χ0n) is 18.0. The third kappa shape index (κ3) is 7.17. The topological polar surface area (TPSA) is 66.0 Å². The van der Waals surface area contributed by atoms with Crippen LogP contribution in [0, 0.1) is 5.82 Å². The van der Waals surface area contributed by atoms with E-state index in [1.165, 1.54) is 6.07 Å². The van der Waals surface area contributed by atoms with E-state index in [4.69, 9.17) is 4.74 Å². The molecule has 1 fully saturated rings. The Labute approximate surface area is 200 Å². The lowest BCUT2D eigenvalue weighted by molar-refractivity contribution is -0.117. The Morgan fingerprint density at radius 1 is 1.16 bits per heavy atom. The molecule has 1 saturated heterocycles. The van der Waals surface area contributed by atoms with Crippen LogP contribution in [0.25, 0.3) is 0 Å². The zero-order chi connectivity index (χ0) is 21.3. The Morgan fingerprint density at radius 3 is 2.55 bits per heavy atom. The van der Waals surface area contributed by atoms with Crippen LogP contribution in [0.15, 0.2) is 47.5 Å². The molecular formula is C23H30FIN4O2. The number of amides is 1. The van der Waals surface area contributed by atoms with Gasteiger partial charge in [0.1, 0.15) is 5.82 Å². The average molecular weight is 540 g/mol. The van der Waals surface area contributed by atoms with Crippen LogP contribution in [0.4, 0.5) is 10.1 Å². The first kappa shape index (κ1) is 25.1. The summed E-state index contributed by atoms with van der Waals surface area (Å²) in [5.74, 6) is 0.611. The van der Waals surface area contributed by atoms with Gasteiger partial charge >= 0.3 is 0 Å². The molecule has 0 atom stereocenters. The molecule has 1 aliphatic rings. The van der Waals surface area contributed by atoms with Crippen molar-refractivity contribution in [1.82, 2.24) is 10.6 Å². The largest absolute Gasteiger partial charge is 0.380 e. The number of halogens is 2. The van der Waals surface area contributed by atoms with Gasteiger partial charge in [0, 0.05) is 44.4 Å². The van der Waals surface area contributed by atoms with Crippen molar-refractivity contribution >= 4 is 41.5 Å². The Hall–Kier alpha value is -2.20. The van der Waals surface area contributed by atoms with Crippen LogP contribution in [0.3, 0.4) is 0 Å². The summed E-state index contributed by atoms with van der Waals surface area (Å²) in [6.45, 7) is 4.82. The van der Waals surface area contributed by atoms with Gasteiger partial charge in [-0.2, -0.15) is 0 Å². The summed E-state index contributed by atoms with van der Waals surface area (Å²) in [5.41, 5.74) is 3.49. The van der Waals surface area contributed by atoms with Gasteiger partial charge in [-0.3, -0.25) is 4.79 Å². The minimum Gasteiger partial charge on any atom is -0.380 e. The van der Waals surface area contributed by atoms with E-state index in [9.17, 15) is 9.18 Å². The number of carbonyl (C=O) groups excluding carboxylic acids is 1. The van der Waals surface area contributed by atoms with Crippen LogP contribution < -0.4 is 15.5 Å². The molecule has 0 aromatic heterocycles. The lowest BCUT2D eigenvalue weighted by Gasteiger charge is -2.16. The summed E-state index contributed by atoms with van der Waals surface area (Å²) >= 11 is 0. The fourth-order valence-corrected chi connectivity index (χ4v) is 3.41. The molecule has 0 bridgehead atoms. The second-order valence-electron chi connectivity index (χ2n) is 7.22. The van der Waals surface area contributed by atoms with E-state index in [0.717, 1.165) is 36.3 Å². The van der Waals surface area contributed by atoms with E-state index in [2.05, 4.69) is 15.6 Å². The van der Waals surface area contributed by atoms with Crippen molar-refractivity contribution in [3.63, 3.8) is 0 Å². The Balaban J connectivity index is 0.00000341. The molecule has 2 aromatic rings. The minimum absolute atomic E-state index is 0. The highest BCUT2D eigenvalue weighted by Gasteiger charge is 2.21. The number of carbonyl (C=O) groups is 1. The Morgan fingerprint density at radius 2 is 1.90 bits per heavy atom. The van der Waals surface area contributed by atoms with E-state index < -0.39 is 0 Å². The molecule has 2 aromatic carbocycles. The number of benzene rings is 2. The fraction of sp³-hybridized carbons (Fsp3) is 0.391. The lowest BCUT2D eigenvalue weighted by Crippen LogP contribution is -2.36. The SMILES string of the molecule is CCNC(=NCc1ccc(F)c(COC)c1)NCc1ccc(N2CCCC2=O)cc1.I. The van der Waals surface area contributed by atoms with Crippen molar-refractivity contribution < 1.29 is 13.9 Å². The molecule has 3 rings (SSSR count). The van der Waals surface area contributed by atoms with Crippen molar-refractivity contribution in [2.24, 2.45) is 4.99 Å². The monoisotopic (exact) mass is 540 g/mol. The highest BCUT2D eigenvalue weighted by Crippen LogP contribution is 2.21. The third-order valence-corrected chi connectivity index (χ3v) is 4.96. The smallest absolute Gasteiger partial charge is 0.227 e. The molecule has 31 heavy (non-hydrogen) atoms. The molecule has 1 aliphatic heterocycles. The van der Waals surface area contributed by atoms with E-state index in [0.29, 0.717) is 31.0 Å². The quantitative estimate of drug-likeness (QED) is 0.302. The molecule has 1 heterocycles. The first-order valence-corrected chi connectivity index (χ1v) is 10.3. The van der Waals surface area contributed by atoms with Gasteiger partial charge < -0.3 is 20.3 Å². The van der Waals surface area contributed by atoms with E-state index in [1.54, 1.807) is 19.2 Å². The number of nitrogens with one attached hydrogen (secondary N) is 2. The number of hydrogen-bond acceptors (Lipinski definition) is 3. The second kappa shape index (κ2) is 12.6. The number of rotatable bonds is 8. The summed E-state index contributed by atoms with van der Waals surface area (Å²) in [4.78, 5) is 18.3. The molecule has 168 valence electrons. The van der Waals surface area contributed by atoms with Crippen molar-refractivity contribution in [2.75, 3.05) is 25.1 Å². The van der Waals surface area contributed by atoms with Crippen molar-refractivity contribution in [3.05, 3.63) is 65.0 Å². The summed E-state index contributed by atoms with van der Waals surface area (Å²) in [6, 6.07) is 13.0. The van der Waals surface area contributed by atoms with Crippen molar-refractivity contribution in [3.8, 4) is 0 Å². The minimum atomic E-state index is -0.270. The van der Waals surface area contributed by atoms with Gasteiger partial charge in [0.15, 0.2) is 5.96 Å². The van der Waals surface area contributed by atoms with E-state index in [-0.39, 0.29) is 42.3 Å². The van der Waals surface area contributed by atoms with Gasteiger partial charge in [-0.05, 0) is 48.7 Å². The number of aliphatic imine (C=N–C) groups is 1. The van der Waals surface area contributed by atoms with Crippen LogP contribution >= 0.6 is 24.0 Å². The molecule has 0 spiro atoms. The first-order chi connectivity index (χ1) is 14.6. The maximum Gasteiger partial charge on any atom is 0.227 e. The highest BCUT2D eigenvalue weighted by molar-refractivity contribution is 14.0. The summed E-state index contributed by atoms with van der Waals surface area (Å²) in [7, 11) is 1.55. The number of nitrogens with zero attached hydrogens (tertiary/aromatic N) is 2. The number of anilines is 1. The molecule has 1 amide bonds. The van der Waals surface area contributed by atoms with Gasteiger partial charge in [-0.1, -0.05) is 18.2 Å². The van der Waals surface area contributed by atoms with Crippen molar-refractivity contribution in [2.45, 2.75) is 39.5 Å². The first-order valence-electron chi connectivity index (χ1n) is 10.3. The Bertz CT molecular complexity index is 890. The molecule has 2 N–H and O–H groups in total. The summed E-state index contributed by atoms with van der Waals surface area (Å²) < 4.78 is 18.8. The molecule has 6 nitrogen and oxygen atoms in total. The van der Waals surface area contributed by atoms with Crippen molar-refractivity contribution in [1.29, 1.82) is 0 Å². The summed E-state index contributed by atoms with van der Waals surface area (Å²) in [6.07, 6.45) is 1.55. The predicted molar refractivity (Wildman–Crippen MR) is 132 cm³/mol. The maximum atomic E-state index is 13.8. The van der Waals surface area contributed by atoms with E-state index in [1.807, 2.05) is 36.1 Å². The van der Waals surface area contributed by atoms with E-state index >= 15 is 0 Å². The predicted octanol–water partition coefficient (Wildman–Crippen LogP) is 3.97. The van der Waals surface area contributed by atoms with Crippen LogP contribution in [-0.2, 0) is 29.2 Å². The van der Waals surface area contributed by atoms with Gasteiger partial charge in [0.05, 0.1) is 13.2 Å². The van der Waals surface area contributed by atoms with Gasteiger partial charge in [-0.15, -0.1) is 24.0 Å². The second-order valence-corrected chi connectivity index (χ2v) is 7.22. The summed E-state index contributed by atoms with van der Waals surface area (Å²) in [5, 5.41) is 6.54. The molecule has 0 radical (unpaired) electrons. The molecule has 0 saturated carbocycles. The third-order valence-electron chi connectivity index (χ3n) is 4.96. The molecule has 0 unspecified atom stereocenters. The standard InChI is InChI=1S/C23H29FN4O2.HI/c1-3-25-23(27-15-18-8-11-21(24)19(13-18)16-30-2)26-14-17-6-9-20(10-7-17)28-12-4-5-22(28)29;/h6-11,13H,3-5,12,14-16H2,1-2H3,(H2,25,26,27);1H. The molecule has 0 aliphatic carbocycles. The van der Waals surface area contributed by atoms with Crippen LogP contribution in [0.2, 0.25) is 0 Å². The average Bonchev–Trinajstić information content (AvgIpc) is 3.18. The highest BCUT2D eigenvalue weighted by atomic mass is 127. The lowest BCUT2D eigenvalue weighted by atomic mass is 10.1. The number of ether oxygens (including phenoxy) is 1. The van der Waals surface area contributed by atoms with Crippen LogP contribution in [-0.4, -0.2) is 32.1 Å². The maximum absolute atomic E-state index is 13.8. The fourth-order valence-electron chi connectivity index (χ4n) is 3.41. The zero-order valence-corrected chi connectivity index (χ0v) is 20.3. The molecule has 8 heteroatoms. The number of methoxy groups -OCH3 is 1. The molecular weight excluding hydrogens is 510 g/mol. The number of guanidine groups is 1. The van der Waals surface area contributed by atoms with Gasteiger partial charge in [0.25, 0.3) is 0 Å². The normalized spacial score (nSPS) is 13.8.